The van der Waals surface area contributed by atoms with Crippen LogP contribution in [0.25, 0.3) is 5.82 Å². The first-order valence-corrected chi connectivity index (χ1v) is 11.1. The highest BCUT2D eigenvalue weighted by Gasteiger charge is 2.36. The van der Waals surface area contributed by atoms with Crippen LogP contribution in [0, 0.1) is 6.92 Å². The van der Waals surface area contributed by atoms with Crippen molar-refractivity contribution < 1.29 is 4.52 Å². The fourth-order valence-corrected chi connectivity index (χ4v) is 4.13. The van der Waals surface area contributed by atoms with Gasteiger partial charge in [-0.1, -0.05) is 19.0 Å². The van der Waals surface area contributed by atoms with Crippen molar-refractivity contribution in [2.24, 2.45) is 0 Å². The lowest BCUT2D eigenvalue weighted by atomic mass is 10.0. The summed E-state index contributed by atoms with van der Waals surface area (Å²) < 4.78 is 7.14. The van der Waals surface area contributed by atoms with E-state index in [1.165, 1.54) is 12.8 Å². The largest absolute Gasteiger partial charge is 0.324 e. The van der Waals surface area contributed by atoms with Gasteiger partial charge in [-0.3, -0.25) is 9.88 Å². The second-order valence-electron chi connectivity index (χ2n) is 8.81. The van der Waals surface area contributed by atoms with Crippen molar-refractivity contribution in [3.63, 3.8) is 0 Å². The fourth-order valence-electron chi connectivity index (χ4n) is 4.13. The average Bonchev–Trinajstić information content (AvgIpc) is 3.32. The predicted octanol–water partition coefficient (Wildman–Crippen LogP) is 2.51. The Morgan fingerprint density at radius 2 is 1.84 bits per heavy atom. The van der Waals surface area contributed by atoms with E-state index in [0.717, 1.165) is 49.8 Å². The summed E-state index contributed by atoms with van der Waals surface area (Å²) in [6.45, 7) is 8.72. The topological polar surface area (TPSA) is 102 Å². The summed E-state index contributed by atoms with van der Waals surface area (Å²) in [5.74, 6) is 2.47. The SMILES string of the molecule is Cc1ncn(-c2cnc(CN(C3CC3)C3CCN(c4nc(C(C)C)no4)CC3)cn2)n1. The van der Waals surface area contributed by atoms with Crippen LogP contribution in [0.5, 0.6) is 0 Å². The lowest BCUT2D eigenvalue weighted by Gasteiger charge is -2.38. The zero-order valence-electron chi connectivity index (χ0n) is 18.3. The molecular formula is C21H29N9O. The minimum atomic E-state index is 0.279. The number of anilines is 1. The normalized spacial score (nSPS) is 17.8. The molecule has 31 heavy (non-hydrogen) atoms. The van der Waals surface area contributed by atoms with Crippen LogP contribution in [0.2, 0.25) is 0 Å². The highest BCUT2D eigenvalue weighted by atomic mass is 16.5. The Kier molecular flexibility index (Phi) is 5.39. The molecule has 1 aliphatic carbocycles. The molecular weight excluding hydrogens is 394 g/mol. The quantitative estimate of drug-likeness (QED) is 0.567. The van der Waals surface area contributed by atoms with Gasteiger partial charge in [-0.25, -0.2) is 14.6 Å². The van der Waals surface area contributed by atoms with Crippen LogP contribution in [0.1, 0.15) is 62.8 Å². The van der Waals surface area contributed by atoms with Gasteiger partial charge in [0.25, 0.3) is 0 Å². The maximum Gasteiger partial charge on any atom is 0.324 e. The highest BCUT2D eigenvalue weighted by Crippen LogP contribution is 2.33. The summed E-state index contributed by atoms with van der Waals surface area (Å²) in [4.78, 5) is 22.7. The molecule has 10 nitrogen and oxygen atoms in total. The Balaban J connectivity index is 1.21. The van der Waals surface area contributed by atoms with Crippen molar-refractivity contribution in [2.75, 3.05) is 18.0 Å². The van der Waals surface area contributed by atoms with E-state index in [-0.39, 0.29) is 5.92 Å². The second kappa shape index (κ2) is 8.33. The first kappa shape index (κ1) is 20.0. The number of nitrogens with zero attached hydrogens (tertiary/aromatic N) is 9. The Morgan fingerprint density at radius 1 is 1.06 bits per heavy atom. The standard InChI is InChI=1S/C21H29N9O/c1-14(2)20-25-21(31-27-20)28-8-6-18(7-9-28)29(17-4-5-17)12-16-10-23-19(11-22-16)30-13-24-15(3)26-30/h10-11,13-14,17-18H,4-9,12H2,1-3H3. The molecule has 1 aliphatic heterocycles. The molecule has 0 radical (unpaired) electrons. The fraction of sp³-hybridized carbons (Fsp3) is 0.619. The number of aromatic nitrogens is 7. The van der Waals surface area contributed by atoms with Crippen LogP contribution in [-0.4, -0.2) is 64.9 Å². The van der Waals surface area contributed by atoms with E-state index in [0.29, 0.717) is 23.9 Å². The molecule has 0 atom stereocenters. The Labute approximate surface area is 181 Å². The molecule has 10 heteroatoms. The molecule has 5 rings (SSSR count). The third-order valence-electron chi connectivity index (χ3n) is 6.04. The first-order valence-electron chi connectivity index (χ1n) is 11.1. The van der Waals surface area contributed by atoms with Gasteiger partial charge >= 0.3 is 6.01 Å². The van der Waals surface area contributed by atoms with Crippen molar-refractivity contribution in [1.82, 2.24) is 39.8 Å². The molecule has 3 aromatic rings. The number of hydrogen-bond acceptors (Lipinski definition) is 9. The molecule has 0 unspecified atom stereocenters. The summed E-state index contributed by atoms with van der Waals surface area (Å²) in [6.07, 6.45) is 10.0. The monoisotopic (exact) mass is 423 g/mol. The van der Waals surface area contributed by atoms with Gasteiger partial charge in [0.05, 0.1) is 18.1 Å². The van der Waals surface area contributed by atoms with Gasteiger partial charge in [-0.05, 0) is 32.6 Å². The van der Waals surface area contributed by atoms with Crippen molar-refractivity contribution in [3.8, 4) is 5.82 Å². The van der Waals surface area contributed by atoms with Gasteiger partial charge in [0, 0.05) is 37.6 Å². The minimum Gasteiger partial charge on any atom is -0.324 e. The molecule has 2 fully saturated rings. The highest BCUT2D eigenvalue weighted by molar-refractivity contribution is 5.26. The van der Waals surface area contributed by atoms with E-state index in [9.17, 15) is 0 Å². The maximum absolute atomic E-state index is 5.49. The molecule has 2 aliphatic rings. The average molecular weight is 424 g/mol. The lowest BCUT2D eigenvalue weighted by Crippen LogP contribution is -2.45. The van der Waals surface area contributed by atoms with Crippen LogP contribution < -0.4 is 4.90 Å². The van der Waals surface area contributed by atoms with E-state index in [1.54, 1.807) is 17.2 Å². The second-order valence-corrected chi connectivity index (χ2v) is 8.81. The number of hydrogen-bond donors (Lipinski definition) is 0. The summed E-state index contributed by atoms with van der Waals surface area (Å²) in [5.41, 5.74) is 0.994. The van der Waals surface area contributed by atoms with Gasteiger partial charge in [-0.2, -0.15) is 10.1 Å². The Bertz CT molecular complexity index is 1000. The van der Waals surface area contributed by atoms with Crippen LogP contribution in [0.4, 0.5) is 6.01 Å². The molecule has 4 heterocycles. The Morgan fingerprint density at radius 3 is 2.42 bits per heavy atom. The van der Waals surface area contributed by atoms with E-state index < -0.39 is 0 Å². The number of piperidine rings is 1. The van der Waals surface area contributed by atoms with Crippen LogP contribution in [0.3, 0.4) is 0 Å². The molecule has 0 spiro atoms. The molecule has 164 valence electrons. The van der Waals surface area contributed by atoms with Gasteiger partial charge in [0.15, 0.2) is 11.6 Å². The first-order chi connectivity index (χ1) is 15.1. The van der Waals surface area contributed by atoms with Gasteiger partial charge in [0.2, 0.25) is 0 Å². The number of rotatable bonds is 7. The van der Waals surface area contributed by atoms with Crippen LogP contribution in [-0.2, 0) is 6.54 Å². The van der Waals surface area contributed by atoms with Crippen LogP contribution >= 0.6 is 0 Å². The zero-order chi connectivity index (χ0) is 21.4. The molecule has 0 N–H and O–H groups in total. The third-order valence-corrected chi connectivity index (χ3v) is 6.04. The molecule has 3 aromatic heterocycles. The van der Waals surface area contributed by atoms with Gasteiger partial charge in [-0.15, -0.1) is 0 Å². The summed E-state index contributed by atoms with van der Waals surface area (Å²) in [5, 5.41) is 8.40. The summed E-state index contributed by atoms with van der Waals surface area (Å²) in [6, 6.07) is 1.85. The molecule has 0 amide bonds. The smallest absolute Gasteiger partial charge is 0.324 e. The van der Waals surface area contributed by atoms with Crippen LogP contribution in [0.15, 0.2) is 23.2 Å². The van der Waals surface area contributed by atoms with Crippen molar-refractivity contribution in [3.05, 3.63) is 36.1 Å². The third kappa shape index (κ3) is 4.43. The molecule has 1 saturated heterocycles. The predicted molar refractivity (Wildman–Crippen MR) is 114 cm³/mol. The number of aryl methyl sites for hydroxylation is 1. The molecule has 0 aromatic carbocycles. The lowest BCUT2D eigenvalue weighted by molar-refractivity contribution is 0.147. The molecule has 1 saturated carbocycles. The van der Waals surface area contributed by atoms with E-state index in [2.05, 4.69) is 53.8 Å². The van der Waals surface area contributed by atoms with Crippen molar-refractivity contribution in [1.29, 1.82) is 0 Å². The van der Waals surface area contributed by atoms with E-state index in [1.807, 2.05) is 13.1 Å². The van der Waals surface area contributed by atoms with E-state index in [4.69, 9.17) is 4.52 Å². The maximum atomic E-state index is 5.49. The minimum absolute atomic E-state index is 0.279. The Hall–Kier alpha value is -2.88. The van der Waals surface area contributed by atoms with Crippen molar-refractivity contribution >= 4 is 6.01 Å². The zero-order valence-corrected chi connectivity index (χ0v) is 18.3. The molecule has 0 bridgehead atoms. The van der Waals surface area contributed by atoms with Gasteiger partial charge in [0.1, 0.15) is 12.2 Å². The van der Waals surface area contributed by atoms with E-state index >= 15 is 0 Å². The summed E-state index contributed by atoms with van der Waals surface area (Å²) >= 11 is 0. The van der Waals surface area contributed by atoms with Crippen molar-refractivity contribution in [2.45, 2.75) is 71.0 Å². The van der Waals surface area contributed by atoms with Gasteiger partial charge < -0.3 is 9.42 Å². The summed E-state index contributed by atoms with van der Waals surface area (Å²) in [7, 11) is 0.